The normalized spacial score (nSPS) is 29.5. The van der Waals surface area contributed by atoms with Gasteiger partial charge in [-0.2, -0.15) is 0 Å². The van der Waals surface area contributed by atoms with Crippen molar-refractivity contribution in [3.63, 3.8) is 0 Å². The van der Waals surface area contributed by atoms with Crippen molar-refractivity contribution in [2.45, 2.75) is 39.2 Å². The van der Waals surface area contributed by atoms with Gasteiger partial charge >= 0.3 is 0 Å². The van der Waals surface area contributed by atoms with Crippen LogP contribution in [0.3, 0.4) is 0 Å². The Kier molecular flexibility index (Phi) is 6.45. The highest BCUT2D eigenvalue weighted by Gasteiger charge is 2.32. The third-order valence-electron chi connectivity index (χ3n) is 5.35. The summed E-state index contributed by atoms with van der Waals surface area (Å²) in [5.74, 6) is 0.773. The Morgan fingerprint density at radius 1 is 1.29 bits per heavy atom. The summed E-state index contributed by atoms with van der Waals surface area (Å²) in [7, 11) is 0. The summed E-state index contributed by atoms with van der Waals surface area (Å²) in [4.78, 5) is 17.3. The van der Waals surface area contributed by atoms with Crippen molar-refractivity contribution in [2.24, 2.45) is 17.6 Å². The van der Waals surface area contributed by atoms with E-state index in [9.17, 15) is 4.79 Å². The molecule has 0 aromatic carbocycles. The summed E-state index contributed by atoms with van der Waals surface area (Å²) in [5.41, 5.74) is 5.77. The molecule has 5 nitrogen and oxygen atoms in total. The van der Waals surface area contributed by atoms with Crippen LogP contribution in [-0.4, -0.2) is 67.6 Å². The summed E-state index contributed by atoms with van der Waals surface area (Å²) >= 11 is 0. The summed E-state index contributed by atoms with van der Waals surface area (Å²) in [6, 6.07) is 0.422. The Bertz CT molecular complexity index is 328. The molecule has 0 aromatic heterocycles. The van der Waals surface area contributed by atoms with Crippen molar-refractivity contribution in [3.8, 4) is 0 Å². The molecule has 1 amide bonds. The standard InChI is InChI=1S/C16H32N4O/c1-3-19-7-9-20(10-8-19)13(2)12-18-16(21)15-6-4-5-14(15)11-17/h13-15H,3-12,17H2,1-2H3,(H,18,21)/t13?,14-,15-/m1/s1. The lowest BCUT2D eigenvalue weighted by Gasteiger charge is -2.37. The molecule has 1 saturated carbocycles. The molecular weight excluding hydrogens is 264 g/mol. The molecule has 1 unspecified atom stereocenters. The smallest absolute Gasteiger partial charge is 0.223 e. The molecule has 2 aliphatic rings. The lowest BCUT2D eigenvalue weighted by atomic mass is 9.95. The van der Waals surface area contributed by atoms with Gasteiger partial charge in [0.2, 0.25) is 5.91 Å². The van der Waals surface area contributed by atoms with E-state index in [-0.39, 0.29) is 11.8 Å². The zero-order chi connectivity index (χ0) is 15.2. The van der Waals surface area contributed by atoms with Crippen molar-refractivity contribution >= 4 is 5.91 Å². The van der Waals surface area contributed by atoms with Crippen LogP contribution in [0.25, 0.3) is 0 Å². The van der Waals surface area contributed by atoms with Gasteiger partial charge < -0.3 is 16.0 Å². The SMILES string of the molecule is CCN1CCN(C(C)CNC(=O)[C@@H]2CCC[C@@H]2CN)CC1. The molecule has 2 rings (SSSR count). The lowest BCUT2D eigenvalue weighted by Crippen LogP contribution is -2.52. The first kappa shape index (κ1) is 16.7. The van der Waals surface area contributed by atoms with Gasteiger partial charge in [0.15, 0.2) is 0 Å². The van der Waals surface area contributed by atoms with Gasteiger partial charge in [0.05, 0.1) is 0 Å². The van der Waals surface area contributed by atoms with Gasteiger partial charge in [-0.3, -0.25) is 9.69 Å². The number of carbonyl (C=O) groups is 1. The first-order valence-corrected chi connectivity index (χ1v) is 8.59. The summed E-state index contributed by atoms with van der Waals surface area (Å²) in [6.07, 6.45) is 3.27. The number of carbonyl (C=O) groups excluding carboxylic acids is 1. The van der Waals surface area contributed by atoms with Gasteiger partial charge in [-0.1, -0.05) is 13.3 Å². The van der Waals surface area contributed by atoms with Gasteiger partial charge in [-0.25, -0.2) is 0 Å². The molecule has 1 aliphatic heterocycles. The van der Waals surface area contributed by atoms with Gasteiger partial charge in [-0.05, 0) is 38.8 Å². The van der Waals surface area contributed by atoms with Crippen LogP contribution in [0.4, 0.5) is 0 Å². The minimum atomic E-state index is 0.152. The highest BCUT2D eigenvalue weighted by atomic mass is 16.1. The quantitative estimate of drug-likeness (QED) is 0.749. The molecule has 122 valence electrons. The summed E-state index contributed by atoms with van der Waals surface area (Å²) < 4.78 is 0. The number of nitrogens with one attached hydrogen (secondary N) is 1. The Hall–Kier alpha value is -0.650. The molecule has 0 aromatic rings. The molecule has 0 radical (unpaired) electrons. The van der Waals surface area contributed by atoms with Crippen LogP contribution >= 0.6 is 0 Å². The number of likely N-dealkylation sites (N-methyl/N-ethyl adjacent to an activating group) is 1. The Labute approximate surface area is 129 Å². The maximum atomic E-state index is 12.3. The Balaban J connectivity index is 1.71. The molecule has 0 spiro atoms. The van der Waals surface area contributed by atoms with E-state index in [1.165, 1.54) is 0 Å². The molecule has 1 aliphatic carbocycles. The molecule has 1 saturated heterocycles. The van der Waals surface area contributed by atoms with Crippen molar-refractivity contribution in [3.05, 3.63) is 0 Å². The minimum absolute atomic E-state index is 0.152. The molecule has 5 heteroatoms. The topological polar surface area (TPSA) is 61.6 Å². The highest BCUT2D eigenvalue weighted by Crippen LogP contribution is 2.30. The van der Waals surface area contributed by atoms with Crippen molar-refractivity contribution in [2.75, 3.05) is 45.8 Å². The second-order valence-corrected chi connectivity index (χ2v) is 6.60. The molecular formula is C16H32N4O. The fourth-order valence-electron chi connectivity index (χ4n) is 3.69. The second-order valence-electron chi connectivity index (χ2n) is 6.60. The first-order valence-electron chi connectivity index (χ1n) is 8.59. The van der Waals surface area contributed by atoms with Gasteiger partial charge in [-0.15, -0.1) is 0 Å². The van der Waals surface area contributed by atoms with Crippen LogP contribution in [0.15, 0.2) is 0 Å². The lowest BCUT2D eigenvalue weighted by molar-refractivity contribution is -0.126. The number of amides is 1. The Morgan fingerprint density at radius 3 is 2.62 bits per heavy atom. The molecule has 3 atom stereocenters. The monoisotopic (exact) mass is 296 g/mol. The maximum Gasteiger partial charge on any atom is 0.223 e. The summed E-state index contributed by atoms with van der Waals surface area (Å²) in [6.45, 7) is 11.5. The number of nitrogens with zero attached hydrogens (tertiary/aromatic N) is 2. The fourth-order valence-corrected chi connectivity index (χ4v) is 3.69. The van der Waals surface area contributed by atoms with E-state index in [1.54, 1.807) is 0 Å². The molecule has 3 N–H and O–H groups in total. The van der Waals surface area contributed by atoms with E-state index in [1.807, 2.05) is 0 Å². The number of hydrogen-bond acceptors (Lipinski definition) is 4. The van der Waals surface area contributed by atoms with Crippen LogP contribution < -0.4 is 11.1 Å². The van der Waals surface area contributed by atoms with Gasteiger partial charge in [0, 0.05) is 44.7 Å². The highest BCUT2D eigenvalue weighted by molar-refractivity contribution is 5.79. The van der Waals surface area contributed by atoms with E-state index >= 15 is 0 Å². The third kappa shape index (κ3) is 4.41. The Morgan fingerprint density at radius 2 is 2.00 bits per heavy atom. The number of rotatable bonds is 6. The van der Waals surface area contributed by atoms with Gasteiger partial charge in [0.1, 0.15) is 0 Å². The molecule has 2 fully saturated rings. The van der Waals surface area contributed by atoms with Crippen LogP contribution in [0.2, 0.25) is 0 Å². The van der Waals surface area contributed by atoms with Crippen LogP contribution in [0.5, 0.6) is 0 Å². The number of piperazine rings is 1. The first-order chi connectivity index (χ1) is 10.2. The van der Waals surface area contributed by atoms with Crippen molar-refractivity contribution < 1.29 is 4.79 Å². The van der Waals surface area contributed by atoms with Crippen LogP contribution in [0.1, 0.15) is 33.1 Å². The van der Waals surface area contributed by atoms with E-state index in [4.69, 9.17) is 5.73 Å². The fraction of sp³-hybridized carbons (Fsp3) is 0.938. The van der Waals surface area contributed by atoms with Crippen LogP contribution in [-0.2, 0) is 4.79 Å². The van der Waals surface area contributed by atoms with Crippen LogP contribution in [0, 0.1) is 11.8 Å². The second kappa shape index (κ2) is 8.11. The zero-order valence-electron chi connectivity index (χ0n) is 13.7. The third-order valence-corrected chi connectivity index (χ3v) is 5.35. The minimum Gasteiger partial charge on any atom is -0.354 e. The average Bonchev–Trinajstić information content (AvgIpc) is 3.01. The van der Waals surface area contributed by atoms with Crippen molar-refractivity contribution in [1.82, 2.24) is 15.1 Å². The van der Waals surface area contributed by atoms with E-state index in [2.05, 4.69) is 29.0 Å². The van der Waals surface area contributed by atoms with E-state index in [0.29, 0.717) is 18.5 Å². The number of hydrogen-bond donors (Lipinski definition) is 2. The average molecular weight is 296 g/mol. The van der Waals surface area contributed by atoms with E-state index in [0.717, 1.165) is 58.5 Å². The molecule has 0 bridgehead atoms. The maximum absolute atomic E-state index is 12.3. The zero-order valence-corrected chi connectivity index (χ0v) is 13.7. The number of nitrogens with two attached hydrogens (primary N) is 1. The predicted molar refractivity (Wildman–Crippen MR) is 86.0 cm³/mol. The molecule has 21 heavy (non-hydrogen) atoms. The van der Waals surface area contributed by atoms with Crippen molar-refractivity contribution in [1.29, 1.82) is 0 Å². The van der Waals surface area contributed by atoms with Gasteiger partial charge in [0.25, 0.3) is 0 Å². The molecule has 1 heterocycles. The summed E-state index contributed by atoms with van der Waals surface area (Å²) in [5, 5.41) is 3.16. The predicted octanol–water partition coefficient (Wildman–Crippen LogP) is 0.504. The largest absolute Gasteiger partial charge is 0.354 e. The van der Waals surface area contributed by atoms with E-state index < -0.39 is 0 Å².